The number of thiophene rings is 1. The Morgan fingerprint density at radius 2 is 2.06 bits per heavy atom. The molecule has 0 bridgehead atoms. The third-order valence-corrected chi connectivity index (χ3v) is 3.83. The molecule has 0 atom stereocenters. The molecule has 0 unspecified atom stereocenters. The number of aromatic nitrogens is 5. The molecule has 4 heterocycles. The number of hydrogen-bond donors (Lipinski definition) is 0. The first-order chi connectivity index (χ1) is 8.93. The average Bonchev–Trinajstić information content (AvgIpc) is 3.05. The Hall–Kier alpha value is -2.34. The van der Waals surface area contributed by atoms with Crippen LogP contribution in [0, 0.1) is 0 Å². The zero-order chi connectivity index (χ0) is 11.9. The lowest BCUT2D eigenvalue weighted by Gasteiger charge is -1.99. The molecule has 0 aromatic carbocycles. The maximum Gasteiger partial charge on any atom is 0.174 e. The fourth-order valence-electron chi connectivity index (χ4n) is 1.96. The van der Waals surface area contributed by atoms with Crippen molar-refractivity contribution in [2.75, 3.05) is 0 Å². The molecule has 6 heteroatoms. The molecule has 86 valence electrons. The first kappa shape index (κ1) is 9.67. The van der Waals surface area contributed by atoms with Gasteiger partial charge in [0.25, 0.3) is 0 Å². The second-order valence-electron chi connectivity index (χ2n) is 3.78. The molecule has 0 aliphatic rings. The van der Waals surface area contributed by atoms with Crippen molar-refractivity contribution in [2.24, 2.45) is 0 Å². The Bertz CT molecular complexity index is 834. The van der Waals surface area contributed by atoms with E-state index < -0.39 is 0 Å². The van der Waals surface area contributed by atoms with Crippen LogP contribution in [0.1, 0.15) is 0 Å². The average molecular weight is 253 g/mol. The molecule has 0 N–H and O–H groups in total. The summed E-state index contributed by atoms with van der Waals surface area (Å²) in [5, 5.41) is 5.28. The van der Waals surface area contributed by atoms with Gasteiger partial charge in [-0.15, -0.1) is 11.3 Å². The molecule has 4 aromatic heterocycles. The van der Waals surface area contributed by atoms with E-state index in [-0.39, 0.29) is 0 Å². The zero-order valence-corrected chi connectivity index (χ0v) is 10.0. The Morgan fingerprint density at radius 1 is 1.06 bits per heavy atom. The van der Waals surface area contributed by atoms with E-state index in [0.29, 0.717) is 0 Å². The Kier molecular flexibility index (Phi) is 1.92. The van der Waals surface area contributed by atoms with E-state index in [4.69, 9.17) is 0 Å². The molecule has 0 aliphatic heterocycles. The van der Waals surface area contributed by atoms with Crippen molar-refractivity contribution in [3.63, 3.8) is 0 Å². The minimum atomic E-state index is 0.799. The van der Waals surface area contributed by atoms with E-state index >= 15 is 0 Å². The molecular formula is C12H7N5S. The predicted octanol–water partition coefficient (Wildman–Crippen LogP) is 2.43. The molecule has 5 nitrogen and oxygen atoms in total. The largest absolute Gasteiger partial charge is 0.245 e. The van der Waals surface area contributed by atoms with Gasteiger partial charge >= 0.3 is 0 Å². The lowest BCUT2D eigenvalue weighted by atomic mass is 10.3. The smallest absolute Gasteiger partial charge is 0.174 e. The zero-order valence-electron chi connectivity index (χ0n) is 9.19. The van der Waals surface area contributed by atoms with Crippen LogP contribution in [0.2, 0.25) is 0 Å². The summed E-state index contributed by atoms with van der Waals surface area (Å²) in [5.74, 6) is 0.799. The van der Waals surface area contributed by atoms with Gasteiger partial charge in [0.2, 0.25) is 0 Å². The van der Waals surface area contributed by atoms with Crippen molar-refractivity contribution in [2.45, 2.75) is 0 Å². The summed E-state index contributed by atoms with van der Waals surface area (Å²) in [5.41, 5.74) is 0.934. The first-order valence-corrected chi connectivity index (χ1v) is 6.23. The summed E-state index contributed by atoms with van der Waals surface area (Å²) < 4.78 is 2.76. The molecule has 18 heavy (non-hydrogen) atoms. The van der Waals surface area contributed by atoms with Gasteiger partial charge in [-0.05, 0) is 18.2 Å². The molecular weight excluding hydrogens is 246 g/mol. The monoisotopic (exact) mass is 253 g/mol. The molecule has 0 aliphatic carbocycles. The van der Waals surface area contributed by atoms with Crippen LogP contribution in [0.3, 0.4) is 0 Å². The fourth-order valence-corrected chi connectivity index (χ4v) is 3.04. The quantitative estimate of drug-likeness (QED) is 0.522. The standard InChI is InChI=1S/C12H7N5S/c1-3-8-9-10(18-12(8)13-4-1)11(15-7-14-9)17-6-2-5-16-17/h1-7H. The second kappa shape index (κ2) is 3.58. The second-order valence-corrected chi connectivity index (χ2v) is 4.78. The lowest BCUT2D eigenvalue weighted by Crippen LogP contribution is -1.98. The van der Waals surface area contributed by atoms with Gasteiger partial charge in [0.1, 0.15) is 15.9 Å². The highest BCUT2D eigenvalue weighted by Crippen LogP contribution is 2.33. The van der Waals surface area contributed by atoms with E-state index in [9.17, 15) is 0 Å². The van der Waals surface area contributed by atoms with Crippen molar-refractivity contribution in [3.05, 3.63) is 43.1 Å². The number of hydrogen-bond acceptors (Lipinski definition) is 5. The third-order valence-electron chi connectivity index (χ3n) is 2.73. The van der Waals surface area contributed by atoms with Gasteiger partial charge in [0, 0.05) is 24.0 Å². The lowest BCUT2D eigenvalue weighted by molar-refractivity contribution is 0.853. The fraction of sp³-hybridized carbons (Fsp3) is 0. The third kappa shape index (κ3) is 1.26. The van der Waals surface area contributed by atoms with Crippen LogP contribution >= 0.6 is 11.3 Å². The minimum absolute atomic E-state index is 0.799. The maximum atomic E-state index is 4.36. The van der Waals surface area contributed by atoms with E-state index in [2.05, 4.69) is 20.1 Å². The Morgan fingerprint density at radius 3 is 2.94 bits per heavy atom. The molecule has 0 amide bonds. The van der Waals surface area contributed by atoms with Crippen LogP contribution in [0.5, 0.6) is 0 Å². The van der Waals surface area contributed by atoms with Gasteiger partial charge in [-0.3, -0.25) is 0 Å². The van der Waals surface area contributed by atoms with Gasteiger partial charge in [0.15, 0.2) is 5.82 Å². The highest BCUT2D eigenvalue weighted by molar-refractivity contribution is 7.25. The van der Waals surface area contributed by atoms with Crippen LogP contribution in [-0.2, 0) is 0 Å². The van der Waals surface area contributed by atoms with Gasteiger partial charge in [-0.1, -0.05) is 0 Å². The van der Waals surface area contributed by atoms with Crippen molar-refractivity contribution in [3.8, 4) is 5.82 Å². The molecule has 0 spiro atoms. The Balaban J connectivity index is 2.17. The molecule has 0 fully saturated rings. The summed E-state index contributed by atoms with van der Waals surface area (Å²) in [4.78, 5) is 14.0. The van der Waals surface area contributed by atoms with Crippen LogP contribution in [0.15, 0.2) is 43.1 Å². The highest BCUT2D eigenvalue weighted by atomic mass is 32.1. The van der Waals surface area contributed by atoms with E-state index in [1.165, 1.54) is 0 Å². The topological polar surface area (TPSA) is 56.5 Å². The van der Waals surface area contributed by atoms with E-state index in [1.807, 2.05) is 24.4 Å². The van der Waals surface area contributed by atoms with Crippen LogP contribution in [0.25, 0.3) is 26.3 Å². The van der Waals surface area contributed by atoms with E-state index in [1.54, 1.807) is 34.7 Å². The summed E-state index contributed by atoms with van der Waals surface area (Å²) in [6.45, 7) is 0. The Labute approximate surface area is 106 Å². The number of fused-ring (bicyclic) bond motifs is 3. The minimum Gasteiger partial charge on any atom is -0.245 e. The summed E-state index contributed by atoms with van der Waals surface area (Å²) in [7, 11) is 0. The normalized spacial score (nSPS) is 11.3. The van der Waals surface area contributed by atoms with Gasteiger partial charge in [-0.2, -0.15) is 5.10 Å². The SMILES string of the molecule is c1cnc2sc3c(-n4cccn4)ncnc3c2c1. The van der Waals surface area contributed by atoms with Crippen molar-refractivity contribution < 1.29 is 0 Å². The highest BCUT2D eigenvalue weighted by Gasteiger charge is 2.12. The molecule has 0 saturated carbocycles. The van der Waals surface area contributed by atoms with Crippen LogP contribution in [-0.4, -0.2) is 24.7 Å². The molecule has 0 radical (unpaired) electrons. The predicted molar refractivity (Wildman–Crippen MR) is 69.8 cm³/mol. The van der Waals surface area contributed by atoms with Gasteiger partial charge in [-0.25, -0.2) is 19.6 Å². The van der Waals surface area contributed by atoms with Gasteiger partial charge < -0.3 is 0 Å². The maximum absolute atomic E-state index is 4.36. The van der Waals surface area contributed by atoms with Crippen LogP contribution < -0.4 is 0 Å². The van der Waals surface area contributed by atoms with Crippen LogP contribution in [0.4, 0.5) is 0 Å². The summed E-state index contributed by atoms with van der Waals surface area (Å²) >= 11 is 1.59. The van der Waals surface area contributed by atoms with Crippen molar-refractivity contribution >= 4 is 31.8 Å². The molecule has 4 aromatic rings. The van der Waals surface area contributed by atoms with Crippen molar-refractivity contribution in [1.29, 1.82) is 0 Å². The first-order valence-electron chi connectivity index (χ1n) is 5.42. The van der Waals surface area contributed by atoms with Crippen molar-refractivity contribution in [1.82, 2.24) is 24.7 Å². The number of nitrogens with zero attached hydrogens (tertiary/aromatic N) is 5. The molecule has 4 rings (SSSR count). The molecule has 0 saturated heterocycles. The van der Waals surface area contributed by atoms with E-state index in [0.717, 1.165) is 26.3 Å². The van der Waals surface area contributed by atoms with Gasteiger partial charge in [0.05, 0.1) is 5.52 Å². The number of pyridine rings is 1. The summed E-state index contributed by atoms with van der Waals surface area (Å²) in [6.07, 6.45) is 6.97. The summed E-state index contributed by atoms with van der Waals surface area (Å²) in [6, 6.07) is 5.82. The number of rotatable bonds is 1.